The molecule has 0 bridgehead atoms. The van der Waals surface area contributed by atoms with Crippen molar-refractivity contribution in [1.82, 2.24) is 44.7 Å². The van der Waals surface area contributed by atoms with Gasteiger partial charge in [-0.15, -0.1) is 0 Å². The number of H-pyrrole nitrogens is 1. The van der Waals surface area contributed by atoms with Crippen molar-refractivity contribution in [3.05, 3.63) is 146 Å². The predicted octanol–water partition coefficient (Wildman–Crippen LogP) is 7.12. The van der Waals surface area contributed by atoms with Crippen LogP contribution < -0.4 is 11.3 Å². The lowest BCUT2D eigenvalue weighted by Gasteiger charge is -2.07. The number of carbonyl (C=O) groups excluding carboxylic acids is 2. The van der Waals surface area contributed by atoms with Gasteiger partial charge in [0.15, 0.2) is 5.82 Å². The maximum Gasteiger partial charge on any atom is 0.373 e. The fourth-order valence-corrected chi connectivity index (χ4v) is 5.36. The number of rotatable bonds is 10. The molecular weight excluding hydrogens is 837 g/mol. The van der Waals surface area contributed by atoms with Gasteiger partial charge in [-0.1, -0.05) is 64.7 Å². The first kappa shape index (κ1) is 45.6. The zero-order chi connectivity index (χ0) is 43.9. The molecule has 5 aromatic heterocycles. The zero-order valence-corrected chi connectivity index (χ0v) is 33.2. The first-order chi connectivity index (χ1) is 28.7. The van der Waals surface area contributed by atoms with E-state index < -0.39 is 23.0 Å². The van der Waals surface area contributed by atoms with Crippen LogP contribution in [0.15, 0.2) is 105 Å². The number of nitrogen functional groups attached to an aromatic ring is 1. The molecular formula is C38H33Cl2F4N11O5. The van der Waals surface area contributed by atoms with Crippen molar-refractivity contribution < 1.29 is 36.2 Å². The first-order valence-electron chi connectivity index (χ1n) is 17.1. The average molecular weight is 871 g/mol. The average Bonchev–Trinajstić information content (AvgIpc) is 4.05. The van der Waals surface area contributed by atoms with Crippen LogP contribution in [-0.2, 0) is 22.7 Å². The molecule has 0 saturated carbocycles. The molecule has 5 heterocycles. The van der Waals surface area contributed by atoms with Crippen LogP contribution in [0.4, 0.5) is 17.6 Å². The van der Waals surface area contributed by atoms with Crippen molar-refractivity contribution >= 4 is 35.2 Å². The number of hydrogen-bond donors (Lipinski definition) is 3. The summed E-state index contributed by atoms with van der Waals surface area (Å²) in [7, 11) is 3.60. The number of nitrogens with two attached hydrogens (primary N) is 1. The molecule has 7 aromatic rings. The number of aromatic nitrogens is 8. The Labute approximate surface area is 347 Å². The molecule has 60 heavy (non-hydrogen) atoms. The highest BCUT2D eigenvalue weighted by atomic mass is 35.5. The third kappa shape index (κ3) is 12.2. The summed E-state index contributed by atoms with van der Waals surface area (Å²) in [6.07, 6.45) is 5.81. The Hall–Kier alpha value is -7.15. The summed E-state index contributed by atoms with van der Waals surface area (Å²) in [5, 5.41) is 23.8. The van der Waals surface area contributed by atoms with Crippen LogP contribution in [0.5, 0.6) is 0 Å². The van der Waals surface area contributed by atoms with E-state index in [0.717, 1.165) is 6.20 Å². The Kier molecular flexibility index (Phi) is 16.4. The summed E-state index contributed by atoms with van der Waals surface area (Å²) in [5.74, 6) is -2.26. The van der Waals surface area contributed by atoms with E-state index in [2.05, 4.69) is 30.5 Å². The molecule has 0 atom stereocenters. The monoisotopic (exact) mass is 869 g/mol. The second-order valence-electron chi connectivity index (χ2n) is 12.1. The Morgan fingerprint density at radius 1 is 0.883 bits per heavy atom. The zero-order valence-electron chi connectivity index (χ0n) is 31.7. The van der Waals surface area contributed by atoms with Crippen molar-refractivity contribution in [2.45, 2.75) is 26.4 Å². The standard InChI is InChI=1S/C17H10ClF2N5O2.C14H11ClFN5O.C6H12FN.CO2/c18-10-3-1-2-9(15(10)20)8-25-14(12-4-5-27-24-12)6-13(23-25)16-21-7-11(19)17(26)22-16;15-9-3-1-2-8(13(9)16)7-21-12(10-4-5-22-20-10)6-11(19-21)14(17)18;1-4-6(7)5-8(2)3;2-1-3/h1-7H,8H2,(H,21,22,26);1-6H,7H2,(H3,17,18);5H,4H2,1-3H3;. The highest BCUT2D eigenvalue weighted by Crippen LogP contribution is 2.26. The Morgan fingerprint density at radius 3 is 1.83 bits per heavy atom. The number of halogens is 6. The van der Waals surface area contributed by atoms with E-state index >= 15 is 0 Å². The molecule has 0 aliphatic carbocycles. The number of aromatic amines is 1. The van der Waals surface area contributed by atoms with Crippen molar-refractivity contribution in [3.63, 3.8) is 0 Å². The van der Waals surface area contributed by atoms with Crippen molar-refractivity contribution in [3.8, 4) is 34.3 Å². The summed E-state index contributed by atoms with van der Waals surface area (Å²) in [4.78, 5) is 35.6. The van der Waals surface area contributed by atoms with E-state index in [1.807, 2.05) is 0 Å². The van der Waals surface area contributed by atoms with Crippen molar-refractivity contribution in [2.24, 2.45) is 5.73 Å². The second-order valence-corrected chi connectivity index (χ2v) is 13.0. The molecule has 4 N–H and O–H groups in total. The van der Waals surface area contributed by atoms with Gasteiger partial charge < -0.3 is 24.7 Å². The highest BCUT2D eigenvalue weighted by Gasteiger charge is 2.19. The van der Waals surface area contributed by atoms with Crippen molar-refractivity contribution in [2.75, 3.05) is 14.1 Å². The molecule has 22 heteroatoms. The molecule has 0 radical (unpaired) electrons. The quantitative estimate of drug-likeness (QED) is 0.0711. The lowest BCUT2D eigenvalue weighted by molar-refractivity contribution is -0.191. The van der Waals surface area contributed by atoms with Crippen LogP contribution in [0.1, 0.15) is 30.2 Å². The van der Waals surface area contributed by atoms with E-state index in [9.17, 15) is 22.4 Å². The van der Waals surface area contributed by atoms with Gasteiger partial charge in [0.2, 0.25) is 5.82 Å². The number of amidine groups is 1. The van der Waals surface area contributed by atoms with Gasteiger partial charge in [-0.2, -0.15) is 24.2 Å². The number of hydrogen-bond acceptors (Lipinski definition) is 12. The molecule has 312 valence electrons. The Morgan fingerprint density at radius 2 is 1.40 bits per heavy atom. The smallest absolute Gasteiger partial charge is 0.373 e. The second kappa shape index (κ2) is 21.6. The van der Waals surface area contributed by atoms with Gasteiger partial charge in [0.1, 0.15) is 58.6 Å². The molecule has 0 aliphatic rings. The van der Waals surface area contributed by atoms with Crippen LogP contribution >= 0.6 is 23.2 Å². The van der Waals surface area contributed by atoms with Crippen LogP contribution in [0.25, 0.3) is 34.3 Å². The van der Waals surface area contributed by atoms with Crippen LogP contribution in [-0.4, -0.2) is 70.8 Å². The maximum atomic E-state index is 14.3. The normalized spacial score (nSPS) is 10.7. The molecule has 0 aliphatic heterocycles. The summed E-state index contributed by atoms with van der Waals surface area (Å²) in [5.41, 5.74) is 7.78. The summed E-state index contributed by atoms with van der Waals surface area (Å²) in [6, 6.07) is 15.8. The largest absolute Gasteiger partial charge is 0.382 e. The Bertz CT molecular complexity index is 2640. The fraction of sp³-hybridized carbons (Fsp3) is 0.158. The van der Waals surface area contributed by atoms with Gasteiger partial charge in [0.25, 0.3) is 5.56 Å². The number of nitrogens with zero attached hydrogens (tertiary/aromatic N) is 8. The SMILES string of the molecule is CCC(F)=CN(C)C.N=C(N)c1cc(-c2ccon2)n(Cc2cccc(Cl)c2F)n1.O=C=O.O=c1[nH]c(-c2cc(-c3ccon3)n(Cc3cccc(Cl)c3F)n2)ncc1F. The van der Waals surface area contributed by atoms with Crippen LogP contribution in [0.3, 0.4) is 0 Å². The minimum absolute atomic E-state index is 0.00704. The molecule has 0 fully saturated rings. The van der Waals surface area contributed by atoms with Gasteiger partial charge in [0.05, 0.1) is 40.7 Å². The molecule has 0 spiro atoms. The Balaban J connectivity index is 0.000000216. The van der Waals surface area contributed by atoms with E-state index in [4.69, 9.17) is 53.0 Å². The van der Waals surface area contributed by atoms with Gasteiger partial charge in [-0.25, -0.2) is 18.2 Å². The van der Waals surface area contributed by atoms with E-state index in [1.54, 1.807) is 74.4 Å². The van der Waals surface area contributed by atoms with E-state index in [-0.39, 0.29) is 58.2 Å². The summed E-state index contributed by atoms with van der Waals surface area (Å²) >= 11 is 11.6. The molecule has 0 unspecified atom stereocenters. The van der Waals surface area contributed by atoms with Gasteiger partial charge in [-0.3, -0.25) is 19.6 Å². The van der Waals surface area contributed by atoms with Gasteiger partial charge >= 0.3 is 6.15 Å². The highest BCUT2D eigenvalue weighted by molar-refractivity contribution is 6.31. The summed E-state index contributed by atoms with van der Waals surface area (Å²) in [6.45, 7) is 1.96. The molecule has 0 saturated heterocycles. The predicted molar refractivity (Wildman–Crippen MR) is 209 cm³/mol. The van der Waals surface area contributed by atoms with Crippen LogP contribution in [0, 0.1) is 22.9 Å². The van der Waals surface area contributed by atoms with E-state index in [1.165, 1.54) is 40.2 Å². The first-order valence-corrected chi connectivity index (χ1v) is 17.9. The van der Waals surface area contributed by atoms with Crippen LogP contribution in [0.2, 0.25) is 10.0 Å². The minimum atomic E-state index is -1.00. The van der Waals surface area contributed by atoms with Crippen molar-refractivity contribution in [1.29, 1.82) is 5.41 Å². The third-order valence-electron chi connectivity index (χ3n) is 7.67. The molecule has 0 amide bonds. The fourth-order valence-electron chi connectivity index (χ4n) is 4.97. The molecule has 16 nitrogen and oxygen atoms in total. The number of allylic oxidation sites excluding steroid dienone is 1. The third-order valence-corrected chi connectivity index (χ3v) is 8.26. The number of benzene rings is 2. The lowest BCUT2D eigenvalue weighted by Crippen LogP contribution is -2.13. The topological polar surface area (TPSA) is 221 Å². The lowest BCUT2D eigenvalue weighted by atomic mass is 10.2. The van der Waals surface area contributed by atoms with E-state index in [0.29, 0.717) is 40.3 Å². The minimum Gasteiger partial charge on any atom is -0.382 e. The number of nitrogens with one attached hydrogen (secondary N) is 2. The molecule has 2 aromatic carbocycles. The van der Waals surface area contributed by atoms with Gasteiger partial charge in [-0.05, 0) is 30.7 Å². The summed E-state index contributed by atoms with van der Waals surface area (Å²) < 4.78 is 66.4. The molecule has 7 rings (SSSR count). The van der Waals surface area contributed by atoms with Gasteiger partial charge in [0, 0.05) is 43.6 Å². The maximum absolute atomic E-state index is 14.3.